The zero-order valence-corrected chi connectivity index (χ0v) is 13.3. The maximum absolute atomic E-state index is 13.3. The van der Waals surface area contributed by atoms with Crippen molar-refractivity contribution in [3.63, 3.8) is 0 Å². The fourth-order valence-electron chi connectivity index (χ4n) is 1.34. The van der Waals surface area contributed by atoms with E-state index < -0.39 is 15.9 Å². The molecule has 2 rings (SSSR count). The summed E-state index contributed by atoms with van der Waals surface area (Å²) < 4.78 is 42.6. The van der Waals surface area contributed by atoms with Gasteiger partial charge in [0.25, 0.3) is 0 Å². The number of hydrogen-bond acceptors (Lipinski definition) is 3. The molecule has 0 bridgehead atoms. The van der Waals surface area contributed by atoms with E-state index in [0.29, 0.717) is 0 Å². The molecule has 0 aliphatic carbocycles. The highest BCUT2D eigenvalue weighted by Crippen LogP contribution is 2.30. The summed E-state index contributed by atoms with van der Waals surface area (Å²) >= 11 is 5.95. The second kappa shape index (κ2) is 5.60. The number of halogens is 3. The average Bonchev–Trinajstić information content (AvgIpc) is 2.34. The molecule has 0 N–H and O–H groups in total. The molecule has 0 saturated carbocycles. The van der Waals surface area contributed by atoms with Crippen LogP contribution in [-0.4, -0.2) is 8.42 Å². The van der Waals surface area contributed by atoms with Crippen molar-refractivity contribution in [1.29, 1.82) is 0 Å². The van der Waals surface area contributed by atoms with E-state index >= 15 is 0 Å². The minimum Gasteiger partial charge on any atom is -0.379 e. The molecule has 0 amide bonds. The molecule has 7 heteroatoms. The molecule has 2 aromatic carbocycles. The van der Waals surface area contributed by atoms with Crippen molar-refractivity contribution in [1.82, 2.24) is 0 Å². The largest absolute Gasteiger partial charge is 0.379 e. The lowest BCUT2D eigenvalue weighted by Crippen LogP contribution is -2.10. The van der Waals surface area contributed by atoms with E-state index in [1.165, 1.54) is 12.1 Å². The first-order chi connectivity index (χ1) is 8.90. The lowest BCUT2D eigenvalue weighted by atomic mass is 10.3. The van der Waals surface area contributed by atoms with Gasteiger partial charge in [0.05, 0.1) is 4.47 Å². The van der Waals surface area contributed by atoms with Gasteiger partial charge in [0.1, 0.15) is 16.5 Å². The van der Waals surface area contributed by atoms with Crippen molar-refractivity contribution in [2.75, 3.05) is 0 Å². The molecule has 0 unspecified atom stereocenters. The van der Waals surface area contributed by atoms with Crippen molar-refractivity contribution in [3.05, 3.63) is 57.2 Å². The first kappa shape index (κ1) is 14.5. The summed E-state index contributed by atoms with van der Waals surface area (Å²) in [6.07, 6.45) is 0. The Hall–Kier alpha value is -0.920. The molecule has 0 saturated heterocycles. The second-order valence-corrected chi connectivity index (χ2v) is 6.77. The van der Waals surface area contributed by atoms with Crippen molar-refractivity contribution in [3.8, 4) is 5.75 Å². The van der Waals surface area contributed by atoms with Crippen molar-refractivity contribution >= 4 is 42.0 Å². The fourth-order valence-corrected chi connectivity index (χ4v) is 3.76. The fraction of sp³-hybridized carbons (Fsp3) is 0. The first-order valence-electron chi connectivity index (χ1n) is 5.04. The predicted octanol–water partition coefficient (Wildman–Crippen LogP) is 4.12. The van der Waals surface area contributed by atoms with Gasteiger partial charge in [-0.2, -0.15) is 8.42 Å². The number of para-hydroxylation sites is 1. The smallest absolute Gasteiger partial charge is 0.340 e. The lowest BCUT2D eigenvalue weighted by molar-refractivity contribution is 0.485. The van der Waals surface area contributed by atoms with Gasteiger partial charge >= 0.3 is 10.1 Å². The molecule has 100 valence electrons. The van der Waals surface area contributed by atoms with Crippen LogP contribution in [-0.2, 0) is 10.1 Å². The summed E-state index contributed by atoms with van der Waals surface area (Å²) in [5.74, 6) is -0.375. The maximum Gasteiger partial charge on any atom is 0.340 e. The minimum atomic E-state index is -4.03. The van der Waals surface area contributed by atoms with E-state index in [2.05, 4.69) is 31.9 Å². The molecule has 0 spiro atoms. The predicted molar refractivity (Wildman–Crippen MR) is 76.1 cm³/mol. The highest BCUT2D eigenvalue weighted by atomic mass is 79.9. The van der Waals surface area contributed by atoms with Crippen LogP contribution in [0, 0.1) is 5.82 Å². The van der Waals surface area contributed by atoms with Gasteiger partial charge in [-0.3, -0.25) is 0 Å². The highest BCUT2D eigenvalue weighted by molar-refractivity contribution is 9.11. The molecular weight excluding hydrogens is 403 g/mol. The van der Waals surface area contributed by atoms with Crippen LogP contribution in [0.5, 0.6) is 5.75 Å². The van der Waals surface area contributed by atoms with Gasteiger partial charge in [-0.05, 0) is 56.1 Å². The Morgan fingerprint density at radius 3 is 2.26 bits per heavy atom. The number of hydrogen-bond donors (Lipinski definition) is 0. The van der Waals surface area contributed by atoms with Crippen LogP contribution in [0.4, 0.5) is 4.39 Å². The van der Waals surface area contributed by atoms with Crippen molar-refractivity contribution in [2.24, 2.45) is 0 Å². The number of benzene rings is 2. The third-order valence-electron chi connectivity index (χ3n) is 2.19. The van der Waals surface area contributed by atoms with Crippen LogP contribution < -0.4 is 4.18 Å². The zero-order chi connectivity index (χ0) is 14.0. The molecule has 0 radical (unpaired) electrons. The van der Waals surface area contributed by atoms with E-state index in [1.54, 1.807) is 18.2 Å². The quantitative estimate of drug-likeness (QED) is 0.565. The molecule has 0 aliphatic rings. The van der Waals surface area contributed by atoms with Crippen LogP contribution in [0.15, 0.2) is 56.3 Å². The number of rotatable bonds is 3. The van der Waals surface area contributed by atoms with Crippen LogP contribution in [0.2, 0.25) is 0 Å². The van der Waals surface area contributed by atoms with Gasteiger partial charge < -0.3 is 4.18 Å². The summed E-state index contributed by atoms with van der Waals surface area (Å²) in [5, 5.41) is 0. The van der Waals surface area contributed by atoms with Gasteiger partial charge in [0.2, 0.25) is 0 Å². The standard InChI is InChI=1S/C12H7Br2FO3S/c13-9-7-12(10(14)6-11(9)15)19(16,17)18-8-4-2-1-3-5-8/h1-7H. The van der Waals surface area contributed by atoms with E-state index in [-0.39, 0.29) is 19.6 Å². The van der Waals surface area contributed by atoms with Gasteiger partial charge in [0, 0.05) is 4.47 Å². The molecule has 0 aromatic heterocycles. The van der Waals surface area contributed by atoms with Crippen LogP contribution in [0.25, 0.3) is 0 Å². The van der Waals surface area contributed by atoms with E-state index in [0.717, 1.165) is 12.1 Å². The van der Waals surface area contributed by atoms with E-state index in [1.807, 2.05) is 0 Å². The summed E-state index contributed by atoms with van der Waals surface area (Å²) in [4.78, 5) is -0.148. The molecule has 0 heterocycles. The summed E-state index contributed by atoms with van der Waals surface area (Å²) in [6, 6.07) is 10.3. The SMILES string of the molecule is O=S(=O)(Oc1ccccc1)c1cc(Br)c(F)cc1Br. The molecule has 2 aromatic rings. The first-order valence-corrected chi connectivity index (χ1v) is 8.03. The van der Waals surface area contributed by atoms with Crippen molar-refractivity contribution < 1.29 is 17.0 Å². The van der Waals surface area contributed by atoms with Crippen LogP contribution in [0.3, 0.4) is 0 Å². The van der Waals surface area contributed by atoms with Gasteiger partial charge in [-0.25, -0.2) is 4.39 Å². The van der Waals surface area contributed by atoms with Crippen LogP contribution in [0.1, 0.15) is 0 Å². The van der Waals surface area contributed by atoms with Gasteiger partial charge in [-0.1, -0.05) is 18.2 Å². The Labute approximate surface area is 126 Å². The molecule has 19 heavy (non-hydrogen) atoms. The minimum absolute atomic E-state index is 0.0472. The van der Waals surface area contributed by atoms with E-state index in [9.17, 15) is 12.8 Å². The van der Waals surface area contributed by atoms with Crippen molar-refractivity contribution in [2.45, 2.75) is 4.90 Å². The monoisotopic (exact) mass is 408 g/mol. The Morgan fingerprint density at radius 1 is 1.00 bits per heavy atom. The molecule has 0 fully saturated rings. The Morgan fingerprint density at radius 2 is 1.63 bits per heavy atom. The van der Waals surface area contributed by atoms with Gasteiger partial charge in [0.15, 0.2) is 0 Å². The Kier molecular flexibility index (Phi) is 4.27. The summed E-state index contributed by atoms with van der Waals surface area (Å²) in [6.45, 7) is 0. The molecular formula is C12H7Br2FO3S. The molecule has 3 nitrogen and oxygen atoms in total. The summed E-state index contributed by atoms with van der Waals surface area (Å²) in [5.41, 5.74) is 0. The Balaban J connectivity index is 2.43. The summed E-state index contributed by atoms with van der Waals surface area (Å²) in [7, 11) is -4.03. The van der Waals surface area contributed by atoms with Crippen LogP contribution >= 0.6 is 31.9 Å². The maximum atomic E-state index is 13.3. The van der Waals surface area contributed by atoms with E-state index in [4.69, 9.17) is 4.18 Å². The third-order valence-corrected chi connectivity index (χ3v) is 5.01. The highest BCUT2D eigenvalue weighted by Gasteiger charge is 2.22. The second-order valence-electron chi connectivity index (χ2n) is 3.55. The Bertz CT molecular complexity index is 702. The lowest BCUT2D eigenvalue weighted by Gasteiger charge is -2.09. The molecule has 0 aliphatic heterocycles. The normalized spacial score (nSPS) is 11.3. The zero-order valence-electron chi connectivity index (χ0n) is 9.31. The van der Waals surface area contributed by atoms with Gasteiger partial charge in [-0.15, -0.1) is 0 Å². The molecule has 0 atom stereocenters. The third kappa shape index (κ3) is 3.34. The average molecular weight is 410 g/mol. The topological polar surface area (TPSA) is 43.4 Å².